The van der Waals surface area contributed by atoms with Gasteiger partial charge in [0.05, 0.1) is 0 Å². The molecule has 10 heteroatoms. The monoisotopic (exact) mass is 316 g/mol. The topological polar surface area (TPSA) is 41.0 Å². The van der Waals surface area contributed by atoms with Crippen molar-refractivity contribution in [3.63, 3.8) is 0 Å². The van der Waals surface area contributed by atoms with Gasteiger partial charge in [0.25, 0.3) is 0 Å². The molecule has 120 valence electrons. The van der Waals surface area contributed by atoms with E-state index in [0.717, 1.165) is 11.0 Å². The number of anilines is 2. The highest BCUT2D eigenvalue weighted by atomic mass is 19.4. The van der Waals surface area contributed by atoms with Crippen LogP contribution in [0.5, 0.6) is 0 Å². The molecule has 1 rings (SSSR count). The van der Waals surface area contributed by atoms with Gasteiger partial charge in [-0.05, 0) is 6.42 Å². The molecular weight excluding hydrogens is 302 g/mol. The summed E-state index contributed by atoms with van der Waals surface area (Å²) in [5, 5.41) is 2.38. The van der Waals surface area contributed by atoms with Crippen LogP contribution in [0.25, 0.3) is 0 Å². The number of alkyl halides is 6. The van der Waals surface area contributed by atoms with Crippen molar-refractivity contribution in [2.45, 2.75) is 25.7 Å². The third-order valence-corrected chi connectivity index (χ3v) is 2.41. The van der Waals surface area contributed by atoms with E-state index < -0.39 is 30.5 Å². The summed E-state index contributed by atoms with van der Waals surface area (Å²) in [7, 11) is 1.32. The van der Waals surface area contributed by atoms with E-state index >= 15 is 0 Å². The van der Waals surface area contributed by atoms with Crippen LogP contribution in [0.2, 0.25) is 0 Å². The van der Waals surface area contributed by atoms with Gasteiger partial charge in [-0.2, -0.15) is 26.3 Å². The van der Waals surface area contributed by atoms with E-state index in [4.69, 9.17) is 0 Å². The molecule has 0 aromatic carbocycles. The maximum Gasteiger partial charge on any atom is 0.451 e. The van der Waals surface area contributed by atoms with E-state index in [1.807, 2.05) is 0 Å². The fourth-order valence-corrected chi connectivity index (χ4v) is 1.61. The first-order chi connectivity index (χ1) is 9.56. The first kappa shape index (κ1) is 17.3. The van der Waals surface area contributed by atoms with Gasteiger partial charge < -0.3 is 10.2 Å². The van der Waals surface area contributed by atoms with Gasteiger partial charge in [0, 0.05) is 19.7 Å². The fourth-order valence-electron chi connectivity index (χ4n) is 1.61. The second-order valence-corrected chi connectivity index (χ2v) is 4.22. The zero-order chi connectivity index (χ0) is 16.3. The predicted molar refractivity (Wildman–Crippen MR) is 65.1 cm³/mol. The summed E-state index contributed by atoms with van der Waals surface area (Å²) in [5.74, 6) is -2.09. The Balaban J connectivity index is 3.23. The zero-order valence-electron chi connectivity index (χ0n) is 11.3. The van der Waals surface area contributed by atoms with Gasteiger partial charge in [-0.3, -0.25) is 0 Å². The van der Waals surface area contributed by atoms with Crippen LogP contribution in [0.3, 0.4) is 0 Å². The van der Waals surface area contributed by atoms with Crippen molar-refractivity contribution >= 4 is 11.6 Å². The number of nitrogens with one attached hydrogen (secondary N) is 1. The summed E-state index contributed by atoms with van der Waals surface area (Å²) < 4.78 is 75.6. The molecule has 0 fully saturated rings. The maximum atomic E-state index is 12.7. The number of rotatable bonds is 5. The standard InChI is InChI=1S/C11H14F6N4/c1-3-4-21(6-10(12,13)14)8-5-7(18-2)19-9(20-8)11(15,16)17/h5H,3-4,6H2,1-2H3,(H,18,19,20). The van der Waals surface area contributed by atoms with Gasteiger partial charge in [-0.25, -0.2) is 9.97 Å². The first-order valence-electron chi connectivity index (χ1n) is 6.02. The van der Waals surface area contributed by atoms with Crippen LogP contribution < -0.4 is 10.2 Å². The minimum absolute atomic E-state index is 0.0724. The number of hydrogen-bond acceptors (Lipinski definition) is 4. The van der Waals surface area contributed by atoms with Gasteiger partial charge in [-0.15, -0.1) is 0 Å². The van der Waals surface area contributed by atoms with E-state index in [1.54, 1.807) is 6.92 Å². The molecule has 1 aromatic rings. The lowest BCUT2D eigenvalue weighted by Gasteiger charge is -2.25. The Hall–Kier alpha value is -1.74. The lowest BCUT2D eigenvalue weighted by Crippen LogP contribution is -2.36. The summed E-state index contributed by atoms with van der Waals surface area (Å²) in [6.07, 6.45) is -9.05. The van der Waals surface area contributed by atoms with Crippen LogP contribution in [-0.2, 0) is 6.18 Å². The van der Waals surface area contributed by atoms with Gasteiger partial charge in [0.1, 0.15) is 18.2 Å². The molecule has 1 N–H and O–H groups in total. The molecule has 0 aliphatic rings. The lowest BCUT2D eigenvalue weighted by molar-refractivity contribution is -0.144. The van der Waals surface area contributed by atoms with Crippen LogP contribution in [0.4, 0.5) is 38.0 Å². The minimum atomic E-state index is -4.84. The normalized spacial score (nSPS) is 12.4. The molecule has 0 aliphatic heterocycles. The summed E-state index contributed by atoms with van der Waals surface area (Å²) in [4.78, 5) is 7.16. The Bertz CT molecular complexity index is 471. The molecule has 0 saturated carbocycles. The van der Waals surface area contributed by atoms with E-state index in [-0.39, 0.29) is 12.4 Å². The maximum absolute atomic E-state index is 12.7. The van der Waals surface area contributed by atoms with Crippen LogP contribution in [0, 0.1) is 0 Å². The van der Waals surface area contributed by atoms with Crippen LogP contribution >= 0.6 is 0 Å². The number of aromatic nitrogens is 2. The molecule has 0 atom stereocenters. The Labute approximate surface area is 117 Å². The molecule has 0 bridgehead atoms. The van der Waals surface area contributed by atoms with E-state index in [0.29, 0.717) is 6.42 Å². The Kier molecular flexibility index (Phi) is 5.24. The van der Waals surface area contributed by atoms with Gasteiger partial charge in [0.15, 0.2) is 0 Å². The first-order valence-corrected chi connectivity index (χ1v) is 6.02. The molecule has 0 amide bonds. The van der Waals surface area contributed by atoms with Crippen LogP contribution in [0.1, 0.15) is 19.2 Å². The highest BCUT2D eigenvalue weighted by molar-refractivity contribution is 5.49. The molecule has 0 aliphatic carbocycles. The van der Waals surface area contributed by atoms with Gasteiger partial charge in [0.2, 0.25) is 5.82 Å². The molecule has 1 aromatic heterocycles. The second kappa shape index (κ2) is 6.35. The molecule has 4 nitrogen and oxygen atoms in total. The molecule has 0 saturated heterocycles. The van der Waals surface area contributed by atoms with Crippen molar-refractivity contribution in [3.05, 3.63) is 11.9 Å². The molecule has 0 unspecified atom stereocenters. The van der Waals surface area contributed by atoms with Gasteiger partial charge in [-0.1, -0.05) is 6.92 Å². The third-order valence-electron chi connectivity index (χ3n) is 2.41. The smallest absolute Gasteiger partial charge is 0.373 e. The average molecular weight is 316 g/mol. The largest absolute Gasteiger partial charge is 0.451 e. The second-order valence-electron chi connectivity index (χ2n) is 4.22. The summed E-state index contributed by atoms with van der Waals surface area (Å²) in [5.41, 5.74) is 0. The third kappa shape index (κ3) is 5.27. The van der Waals surface area contributed by atoms with Gasteiger partial charge >= 0.3 is 12.4 Å². The Morgan fingerprint density at radius 3 is 2.19 bits per heavy atom. The summed E-state index contributed by atoms with van der Waals surface area (Å²) in [6.45, 7) is 0.170. The van der Waals surface area contributed by atoms with E-state index in [9.17, 15) is 26.3 Å². The summed E-state index contributed by atoms with van der Waals surface area (Å²) >= 11 is 0. The van der Waals surface area contributed by atoms with E-state index in [2.05, 4.69) is 15.3 Å². The highest BCUT2D eigenvalue weighted by Crippen LogP contribution is 2.30. The van der Waals surface area contributed by atoms with Crippen molar-refractivity contribution in [3.8, 4) is 0 Å². The molecular formula is C11H14F6N4. The molecule has 0 spiro atoms. The van der Waals surface area contributed by atoms with Crippen molar-refractivity contribution in [1.82, 2.24) is 9.97 Å². The Morgan fingerprint density at radius 1 is 1.14 bits per heavy atom. The fraction of sp³-hybridized carbons (Fsp3) is 0.636. The number of nitrogens with zero attached hydrogens (tertiary/aromatic N) is 3. The van der Waals surface area contributed by atoms with Crippen LogP contribution in [-0.4, -0.2) is 36.3 Å². The molecule has 1 heterocycles. The SMILES string of the molecule is CCCN(CC(F)(F)F)c1cc(NC)nc(C(F)(F)F)n1. The van der Waals surface area contributed by atoms with Crippen molar-refractivity contribution in [1.29, 1.82) is 0 Å². The molecule has 0 radical (unpaired) electrons. The van der Waals surface area contributed by atoms with Crippen molar-refractivity contribution in [2.24, 2.45) is 0 Å². The van der Waals surface area contributed by atoms with Crippen molar-refractivity contribution < 1.29 is 26.3 Å². The van der Waals surface area contributed by atoms with Crippen LogP contribution in [0.15, 0.2) is 6.07 Å². The quantitative estimate of drug-likeness (QED) is 0.846. The average Bonchev–Trinajstić information content (AvgIpc) is 2.35. The summed E-state index contributed by atoms with van der Waals surface area (Å²) in [6, 6.07) is 1.05. The number of hydrogen-bond donors (Lipinski definition) is 1. The highest BCUT2D eigenvalue weighted by Gasteiger charge is 2.37. The molecule has 21 heavy (non-hydrogen) atoms. The van der Waals surface area contributed by atoms with E-state index in [1.165, 1.54) is 7.05 Å². The van der Waals surface area contributed by atoms with Crippen molar-refractivity contribution in [2.75, 3.05) is 30.4 Å². The lowest BCUT2D eigenvalue weighted by atomic mass is 10.3. The number of halogens is 6. The Morgan fingerprint density at radius 2 is 1.76 bits per heavy atom. The zero-order valence-corrected chi connectivity index (χ0v) is 11.3. The minimum Gasteiger partial charge on any atom is -0.373 e. The predicted octanol–water partition coefficient (Wildman–Crippen LogP) is 3.32.